The third kappa shape index (κ3) is 3.54. The monoisotopic (exact) mass is 366 g/mol. The topological polar surface area (TPSA) is 52.6 Å². The summed E-state index contributed by atoms with van der Waals surface area (Å²) in [6, 6.07) is 0.732. The molecule has 3 aliphatic heterocycles. The molecular formula is C21H35FN2O2. The summed E-state index contributed by atoms with van der Waals surface area (Å²) in [6.07, 6.45) is 8.85. The Balaban J connectivity index is 1.45. The number of piperidine rings is 2. The van der Waals surface area contributed by atoms with E-state index < -0.39 is 12.1 Å². The van der Waals surface area contributed by atoms with E-state index in [-0.39, 0.29) is 12.0 Å². The Labute approximate surface area is 156 Å². The number of rotatable bonds is 3. The Bertz CT molecular complexity index is 516. The van der Waals surface area contributed by atoms with Gasteiger partial charge in [0.1, 0.15) is 12.2 Å². The lowest BCUT2D eigenvalue weighted by Crippen LogP contribution is -2.55. The Morgan fingerprint density at radius 1 is 1.08 bits per heavy atom. The lowest BCUT2D eigenvalue weighted by molar-refractivity contribution is -0.143. The van der Waals surface area contributed by atoms with E-state index in [1.165, 1.54) is 19.3 Å². The van der Waals surface area contributed by atoms with E-state index in [9.17, 15) is 14.3 Å². The van der Waals surface area contributed by atoms with Crippen molar-refractivity contribution < 1.29 is 14.3 Å². The van der Waals surface area contributed by atoms with Gasteiger partial charge in [-0.05, 0) is 88.0 Å². The fraction of sp³-hybridized carbons (Fsp3) is 0.952. The van der Waals surface area contributed by atoms with Gasteiger partial charge in [-0.1, -0.05) is 6.92 Å². The molecule has 1 aliphatic carbocycles. The van der Waals surface area contributed by atoms with Gasteiger partial charge in [-0.25, -0.2) is 4.39 Å². The second-order valence-electron chi connectivity index (χ2n) is 9.47. The average Bonchev–Trinajstić information content (AvgIpc) is 3.07. The molecule has 0 spiro atoms. The molecule has 8 atom stereocenters. The van der Waals surface area contributed by atoms with E-state index in [1.54, 1.807) is 0 Å². The highest BCUT2D eigenvalue weighted by Crippen LogP contribution is 2.43. The van der Waals surface area contributed by atoms with Crippen molar-refractivity contribution in [1.29, 1.82) is 0 Å². The summed E-state index contributed by atoms with van der Waals surface area (Å²) in [5, 5.41) is 13.4. The Morgan fingerprint density at radius 2 is 1.85 bits per heavy atom. The van der Waals surface area contributed by atoms with Gasteiger partial charge in [0.05, 0.1) is 0 Å². The van der Waals surface area contributed by atoms with Gasteiger partial charge in [-0.15, -0.1) is 0 Å². The number of carboxylic acids is 1. The predicted molar refractivity (Wildman–Crippen MR) is 99.8 cm³/mol. The van der Waals surface area contributed by atoms with E-state index in [0.717, 1.165) is 51.6 Å². The number of halogens is 1. The van der Waals surface area contributed by atoms with Gasteiger partial charge >= 0.3 is 5.97 Å². The van der Waals surface area contributed by atoms with Crippen molar-refractivity contribution in [2.45, 2.75) is 89.0 Å². The summed E-state index contributed by atoms with van der Waals surface area (Å²) in [6.45, 7) is 4.11. The number of hydrogen-bond acceptors (Lipinski definition) is 3. The highest BCUT2D eigenvalue weighted by molar-refractivity contribution is 5.74. The lowest BCUT2D eigenvalue weighted by atomic mass is 9.67. The smallest absolute Gasteiger partial charge is 0.320 e. The highest BCUT2D eigenvalue weighted by Gasteiger charge is 2.46. The van der Waals surface area contributed by atoms with Crippen LogP contribution >= 0.6 is 0 Å². The van der Waals surface area contributed by atoms with Crippen LogP contribution in [-0.2, 0) is 4.79 Å². The van der Waals surface area contributed by atoms with E-state index >= 15 is 0 Å². The zero-order valence-corrected chi connectivity index (χ0v) is 16.1. The van der Waals surface area contributed by atoms with Crippen LogP contribution in [0.25, 0.3) is 0 Å². The molecule has 26 heavy (non-hydrogen) atoms. The molecule has 8 unspecified atom stereocenters. The number of aliphatic carboxylic acids is 1. The molecule has 2 N–H and O–H groups in total. The lowest BCUT2D eigenvalue weighted by Gasteiger charge is -2.48. The zero-order valence-electron chi connectivity index (χ0n) is 16.1. The average molecular weight is 367 g/mol. The molecule has 0 radical (unpaired) electrons. The first-order valence-electron chi connectivity index (χ1n) is 10.9. The molecule has 4 aliphatic rings. The Hall–Kier alpha value is -0.680. The summed E-state index contributed by atoms with van der Waals surface area (Å²) >= 11 is 0. The summed E-state index contributed by atoms with van der Waals surface area (Å²) in [7, 11) is 0. The van der Waals surface area contributed by atoms with Gasteiger partial charge in [-0.3, -0.25) is 9.69 Å². The second kappa shape index (κ2) is 7.75. The van der Waals surface area contributed by atoms with Gasteiger partial charge < -0.3 is 10.4 Å². The number of alkyl halides is 1. The minimum Gasteiger partial charge on any atom is -0.480 e. The van der Waals surface area contributed by atoms with Crippen molar-refractivity contribution in [3.8, 4) is 0 Å². The molecule has 3 saturated heterocycles. The minimum absolute atomic E-state index is 0.184. The molecule has 0 aromatic carbocycles. The molecule has 5 heteroatoms. The fourth-order valence-electron chi connectivity index (χ4n) is 6.62. The van der Waals surface area contributed by atoms with Gasteiger partial charge in [0, 0.05) is 18.6 Å². The molecule has 148 valence electrons. The van der Waals surface area contributed by atoms with E-state index in [4.69, 9.17) is 0 Å². The zero-order chi connectivity index (χ0) is 18.3. The summed E-state index contributed by atoms with van der Waals surface area (Å²) < 4.78 is 14.0. The van der Waals surface area contributed by atoms with Crippen molar-refractivity contribution >= 4 is 5.97 Å². The molecule has 4 fully saturated rings. The van der Waals surface area contributed by atoms with Gasteiger partial charge in [-0.2, -0.15) is 0 Å². The summed E-state index contributed by atoms with van der Waals surface area (Å²) in [4.78, 5) is 13.9. The molecule has 1 saturated carbocycles. The molecule has 0 aromatic heterocycles. The number of nitrogens with one attached hydrogen (secondary N) is 1. The van der Waals surface area contributed by atoms with Crippen LogP contribution in [0.2, 0.25) is 0 Å². The molecule has 4 nitrogen and oxygen atoms in total. The maximum Gasteiger partial charge on any atom is 0.320 e. The van der Waals surface area contributed by atoms with Crippen LogP contribution in [0.15, 0.2) is 0 Å². The number of carbonyl (C=O) groups is 1. The van der Waals surface area contributed by atoms with Gasteiger partial charge in [0.25, 0.3) is 0 Å². The van der Waals surface area contributed by atoms with Gasteiger partial charge in [0.15, 0.2) is 0 Å². The van der Waals surface area contributed by atoms with Crippen molar-refractivity contribution in [3.05, 3.63) is 0 Å². The molecule has 4 rings (SSSR count). The van der Waals surface area contributed by atoms with E-state index in [1.807, 2.05) is 0 Å². The van der Waals surface area contributed by atoms with E-state index in [2.05, 4.69) is 17.1 Å². The first-order valence-corrected chi connectivity index (χ1v) is 10.9. The van der Waals surface area contributed by atoms with Crippen LogP contribution in [0, 0.1) is 23.7 Å². The SMILES string of the molecule is CC1CC(C2NCCCC2C2CCC3CCC(C(=O)O)N3C2)CCC1F. The minimum atomic E-state index is -0.637. The maximum absolute atomic E-state index is 14.0. The van der Waals surface area contributed by atoms with Crippen molar-refractivity contribution in [3.63, 3.8) is 0 Å². The fourth-order valence-corrected chi connectivity index (χ4v) is 6.62. The summed E-state index contributed by atoms with van der Waals surface area (Å²) in [5.74, 6) is 1.37. The molecule has 0 amide bonds. The largest absolute Gasteiger partial charge is 0.480 e. The molecule has 0 bridgehead atoms. The third-order valence-electron chi connectivity index (χ3n) is 8.02. The normalized spacial score (nSPS) is 47.5. The van der Waals surface area contributed by atoms with E-state index in [0.29, 0.717) is 29.8 Å². The van der Waals surface area contributed by atoms with Gasteiger partial charge in [0.2, 0.25) is 0 Å². The van der Waals surface area contributed by atoms with Crippen LogP contribution in [0.5, 0.6) is 0 Å². The third-order valence-corrected chi connectivity index (χ3v) is 8.02. The first kappa shape index (κ1) is 18.7. The number of hydrogen-bond donors (Lipinski definition) is 2. The van der Waals surface area contributed by atoms with Crippen LogP contribution in [0.3, 0.4) is 0 Å². The number of carboxylic acid groups (broad SMARTS) is 1. The van der Waals surface area contributed by atoms with Crippen LogP contribution in [-0.4, -0.2) is 53.4 Å². The summed E-state index contributed by atoms with van der Waals surface area (Å²) in [5.41, 5.74) is 0. The number of nitrogens with zero attached hydrogens (tertiary/aromatic N) is 1. The molecule has 0 aromatic rings. The van der Waals surface area contributed by atoms with Crippen LogP contribution in [0.1, 0.15) is 64.7 Å². The standard InChI is InChI=1S/C21H35FN2O2/c1-13-11-14(5-8-18(13)22)20-17(3-2-10-23-20)15-4-6-16-7-9-19(21(25)26)24(16)12-15/h13-20,23H,2-12H2,1H3,(H,25,26). The van der Waals surface area contributed by atoms with Crippen molar-refractivity contribution in [1.82, 2.24) is 10.2 Å². The predicted octanol–water partition coefficient (Wildman–Crippen LogP) is 3.46. The van der Waals surface area contributed by atoms with Crippen LogP contribution < -0.4 is 5.32 Å². The van der Waals surface area contributed by atoms with Crippen molar-refractivity contribution in [2.75, 3.05) is 13.1 Å². The highest BCUT2D eigenvalue weighted by atomic mass is 19.1. The molecular weight excluding hydrogens is 331 g/mol. The quantitative estimate of drug-likeness (QED) is 0.803. The first-order chi connectivity index (χ1) is 12.5. The van der Waals surface area contributed by atoms with Crippen molar-refractivity contribution in [2.24, 2.45) is 23.7 Å². The molecule has 3 heterocycles. The Kier molecular flexibility index (Phi) is 5.56. The maximum atomic E-state index is 14.0. The van der Waals surface area contributed by atoms with Crippen LogP contribution in [0.4, 0.5) is 4.39 Å². The number of fused-ring (bicyclic) bond motifs is 1. The second-order valence-corrected chi connectivity index (χ2v) is 9.47. The Morgan fingerprint density at radius 3 is 2.62 bits per heavy atom.